The molecular formula is C17H17ClFNO3. The largest absolute Gasteiger partial charge is 0.496 e. The lowest BCUT2D eigenvalue weighted by molar-refractivity contribution is -0.127. The molecule has 0 saturated carbocycles. The maximum atomic E-state index is 13.1. The van der Waals surface area contributed by atoms with E-state index in [1.807, 2.05) is 24.3 Å². The van der Waals surface area contributed by atoms with Crippen molar-refractivity contribution in [2.24, 2.45) is 0 Å². The van der Waals surface area contributed by atoms with Gasteiger partial charge in [0.1, 0.15) is 17.3 Å². The van der Waals surface area contributed by atoms with E-state index < -0.39 is 11.9 Å². The van der Waals surface area contributed by atoms with Crippen molar-refractivity contribution in [2.45, 2.75) is 19.6 Å². The van der Waals surface area contributed by atoms with Gasteiger partial charge in [-0.3, -0.25) is 4.79 Å². The van der Waals surface area contributed by atoms with E-state index in [4.69, 9.17) is 21.1 Å². The molecule has 2 rings (SSSR count). The predicted octanol–water partition coefficient (Wildman–Crippen LogP) is 3.57. The van der Waals surface area contributed by atoms with Crippen LogP contribution in [0.3, 0.4) is 0 Å². The van der Waals surface area contributed by atoms with Crippen LogP contribution in [0.25, 0.3) is 0 Å². The van der Waals surface area contributed by atoms with Crippen LogP contribution >= 0.6 is 11.6 Å². The van der Waals surface area contributed by atoms with Crippen molar-refractivity contribution in [1.82, 2.24) is 5.32 Å². The predicted molar refractivity (Wildman–Crippen MR) is 86.3 cm³/mol. The molecule has 1 unspecified atom stereocenters. The second kappa shape index (κ2) is 7.83. The van der Waals surface area contributed by atoms with Crippen LogP contribution in [0.4, 0.5) is 4.39 Å². The van der Waals surface area contributed by atoms with Gasteiger partial charge in [0.25, 0.3) is 5.91 Å². The fraction of sp³-hybridized carbons (Fsp3) is 0.235. The summed E-state index contributed by atoms with van der Waals surface area (Å²) >= 11 is 5.68. The lowest BCUT2D eigenvalue weighted by Gasteiger charge is -2.16. The number of para-hydroxylation sites is 1. The molecule has 0 bridgehead atoms. The molecule has 0 aliphatic heterocycles. The lowest BCUT2D eigenvalue weighted by atomic mass is 10.2. The van der Waals surface area contributed by atoms with Crippen molar-refractivity contribution < 1.29 is 18.7 Å². The first-order chi connectivity index (χ1) is 11.0. The Morgan fingerprint density at radius 3 is 2.74 bits per heavy atom. The highest BCUT2D eigenvalue weighted by Gasteiger charge is 2.15. The number of carbonyl (C=O) groups excluding carboxylic acids is 1. The average Bonchev–Trinajstić information content (AvgIpc) is 2.56. The van der Waals surface area contributed by atoms with Gasteiger partial charge in [0.2, 0.25) is 0 Å². The van der Waals surface area contributed by atoms with Gasteiger partial charge in [-0.1, -0.05) is 29.8 Å². The summed E-state index contributed by atoms with van der Waals surface area (Å²) in [7, 11) is 1.57. The number of nitrogens with one attached hydrogen (secondary N) is 1. The van der Waals surface area contributed by atoms with Gasteiger partial charge in [-0.15, -0.1) is 0 Å². The fourth-order valence-electron chi connectivity index (χ4n) is 1.98. The molecule has 6 heteroatoms. The third-order valence-electron chi connectivity index (χ3n) is 3.22. The molecule has 2 aromatic carbocycles. The van der Waals surface area contributed by atoms with Crippen LogP contribution in [-0.4, -0.2) is 19.1 Å². The van der Waals surface area contributed by atoms with Gasteiger partial charge >= 0.3 is 0 Å². The molecule has 1 amide bonds. The summed E-state index contributed by atoms with van der Waals surface area (Å²) in [5.74, 6) is 0.201. The van der Waals surface area contributed by atoms with Gasteiger partial charge in [0.05, 0.1) is 12.1 Å². The van der Waals surface area contributed by atoms with Gasteiger partial charge in [-0.25, -0.2) is 4.39 Å². The van der Waals surface area contributed by atoms with Crippen LogP contribution in [-0.2, 0) is 11.3 Å². The molecule has 0 heterocycles. The quantitative estimate of drug-likeness (QED) is 0.876. The van der Waals surface area contributed by atoms with E-state index in [1.54, 1.807) is 14.0 Å². The smallest absolute Gasteiger partial charge is 0.261 e. The Balaban J connectivity index is 1.93. The Morgan fingerprint density at radius 1 is 1.30 bits per heavy atom. The van der Waals surface area contributed by atoms with E-state index in [-0.39, 0.29) is 10.9 Å². The minimum Gasteiger partial charge on any atom is -0.496 e. The van der Waals surface area contributed by atoms with Crippen molar-refractivity contribution >= 4 is 17.5 Å². The van der Waals surface area contributed by atoms with Crippen molar-refractivity contribution in [3.8, 4) is 11.5 Å². The zero-order chi connectivity index (χ0) is 16.8. The van der Waals surface area contributed by atoms with E-state index in [0.29, 0.717) is 18.0 Å². The number of methoxy groups -OCH3 is 1. The first-order valence-corrected chi connectivity index (χ1v) is 7.40. The monoisotopic (exact) mass is 337 g/mol. The Kier molecular flexibility index (Phi) is 5.82. The summed E-state index contributed by atoms with van der Waals surface area (Å²) in [5.41, 5.74) is 0.861. The van der Waals surface area contributed by atoms with Gasteiger partial charge in [-0.05, 0) is 25.1 Å². The molecule has 23 heavy (non-hydrogen) atoms. The first-order valence-electron chi connectivity index (χ1n) is 7.02. The van der Waals surface area contributed by atoms with Crippen LogP contribution in [0.2, 0.25) is 5.02 Å². The molecule has 2 aromatic rings. The van der Waals surface area contributed by atoms with Crippen molar-refractivity contribution in [3.05, 3.63) is 58.9 Å². The van der Waals surface area contributed by atoms with Gasteiger partial charge in [-0.2, -0.15) is 0 Å². The Hall–Kier alpha value is -2.27. The number of benzene rings is 2. The molecule has 0 saturated heterocycles. The first kappa shape index (κ1) is 17.1. The van der Waals surface area contributed by atoms with Crippen LogP contribution < -0.4 is 14.8 Å². The summed E-state index contributed by atoms with van der Waals surface area (Å²) in [6.07, 6.45) is -0.744. The number of hydrogen-bond donors (Lipinski definition) is 1. The Bertz CT molecular complexity index is 693. The van der Waals surface area contributed by atoms with Crippen LogP contribution in [0.1, 0.15) is 12.5 Å². The molecule has 122 valence electrons. The van der Waals surface area contributed by atoms with Crippen LogP contribution in [0.5, 0.6) is 11.5 Å². The number of rotatable bonds is 6. The van der Waals surface area contributed by atoms with Gasteiger partial charge < -0.3 is 14.8 Å². The van der Waals surface area contributed by atoms with Crippen LogP contribution in [0.15, 0.2) is 42.5 Å². The van der Waals surface area contributed by atoms with E-state index in [1.165, 1.54) is 18.2 Å². The number of ether oxygens (including phenoxy) is 2. The minimum atomic E-state index is -0.744. The van der Waals surface area contributed by atoms with E-state index in [2.05, 4.69) is 5.32 Å². The highest BCUT2D eigenvalue weighted by atomic mass is 35.5. The summed E-state index contributed by atoms with van der Waals surface area (Å²) in [5, 5.41) is 2.72. The van der Waals surface area contributed by atoms with Crippen molar-refractivity contribution in [2.75, 3.05) is 7.11 Å². The van der Waals surface area contributed by atoms with E-state index in [0.717, 1.165) is 5.56 Å². The maximum absolute atomic E-state index is 13.1. The van der Waals surface area contributed by atoms with Crippen LogP contribution in [0, 0.1) is 5.82 Å². The molecule has 0 radical (unpaired) electrons. The summed E-state index contributed by atoms with van der Waals surface area (Å²) in [6.45, 7) is 1.93. The van der Waals surface area contributed by atoms with Crippen molar-refractivity contribution in [3.63, 3.8) is 0 Å². The highest BCUT2D eigenvalue weighted by Crippen LogP contribution is 2.22. The Morgan fingerprint density at radius 2 is 2.04 bits per heavy atom. The fourth-order valence-corrected chi connectivity index (χ4v) is 2.15. The maximum Gasteiger partial charge on any atom is 0.261 e. The number of carbonyl (C=O) groups is 1. The lowest BCUT2D eigenvalue weighted by Crippen LogP contribution is -2.36. The Labute approximate surface area is 139 Å². The normalized spacial score (nSPS) is 11.7. The molecule has 0 spiro atoms. The SMILES string of the molecule is COc1ccccc1CNC(=O)C(C)Oc1ccc(F)c(Cl)c1. The standard InChI is InChI=1S/C17H17ClFNO3/c1-11(23-13-7-8-15(19)14(18)9-13)17(21)20-10-12-5-3-4-6-16(12)22-2/h3-9,11H,10H2,1-2H3,(H,20,21). The number of amides is 1. The summed E-state index contributed by atoms with van der Waals surface area (Å²) < 4.78 is 23.8. The average molecular weight is 338 g/mol. The van der Waals surface area contributed by atoms with Crippen molar-refractivity contribution in [1.29, 1.82) is 0 Å². The molecule has 0 aliphatic carbocycles. The second-order valence-electron chi connectivity index (χ2n) is 4.87. The number of halogens is 2. The molecular weight excluding hydrogens is 321 g/mol. The zero-order valence-corrected chi connectivity index (χ0v) is 13.6. The summed E-state index contributed by atoms with van der Waals surface area (Å²) in [6, 6.07) is 11.4. The molecule has 1 N–H and O–H groups in total. The molecule has 1 atom stereocenters. The summed E-state index contributed by atoms with van der Waals surface area (Å²) in [4.78, 5) is 12.1. The third-order valence-corrected chi connectivity index (χ3v) is 3.51. The topological polar surface area (TPSA) is 47.6 Å². The minimum absolute atomic E-state index is 0.0517. The molecule has 4 nitrogen and oxygen atoms in total. The van der Waals surface area contributed by atoms with E-state index >= 15 is 0 Å². The molecule has 0 aliphatic rings. The van der Waals surface area contributed by atoms with Gasteiger partial charge in [0.15, 0.2) is 6.10 Å². The van der Waals surface area contributed by atoms with Gasteiger partial charge in [0, 0.05) is 18.2 Å². The molecule has 0 fully saturated rings. The van der Waals surface area contributed by atoms with E-state index in [9.17, 15) is 9.18 Å². The second-order valence-corrected chi connectivity index (χ2v) is 5.27. The highest BCUT2D eigenvalue weighted by molar-refractivity contribution is 6.30. The zero-order valence-electron chi connectivity index (χ0n) is 12.8. The molecule has 0 aromatic heterocycles. The third kappa shape index (κ3) is 4.60. The number of hydrogen-bond acceptors (Lipinski definition) is 3.